The van der Waals surface area contributed by atoms with Gasteiger partial charge in [0, 0.05) is 16.3 Å². The van der Waals surface area contributed by atoms with E-state index < -0.39 is 0 Å². The van der Waals surface area contributed by atoms with Crippen LogP contribution in [0.5, 0.6) is 0 Å². The van der Waals surface area contributed by atoms with Crippen LogP contribution in [-0.4, -0.2) is 17.8 Å². The van der Waals surface area contributed by atoms with Crippen LogP contribution >= 0.6 is 31.9 Å². The Morgan fingerprint density at radius 2 is 2.11 bits per heavy atom. The van der Waals surface area contributed by atoms with Gasteiger partial charge in [0.25, 0.3) is 5.91 Å². The standard InChI is InChI=1S/C14H16Br2FNO/c15-7-9-2-1-3-10(9)8-18-14(19)12-5-4-11(17)6-13(12)16/h4-6,9-10H,1-3,7-8H2,(H,18,19). The maximum Gasteiger partial charge on any atom is 0.252 e. The summed E-state index contributed by atoms with van der Waals surface area (Å²) >= 11 is 6.74. The van der Waals surface area contributed by atoms with Crippen LogP contribution in [0.25, 0.3) is 0 Å². The number of hydrogen-bond acceptors (Lipinski definition) is 1. The van der Waals surface area contributed by atoms with Crippen LogP contribution < -0.4 is 5.32 Å². The summed E-state index contributed by atoms with van der Waals surface area (Å²) in [5.74, 6) is 0.699. The van der Waals surface area contributed by atoms with Crippen molar-refractivity contribution in [2.24, 2.45) is 11.8 Å². The second-order valence-electron chi connectivity index (χ2n) is 4.94. The topological polar surface area (TPSA) is 29.1 Å². The fourth-order valence-corrected chi connectivity index (χ4v) is 3.96. The van der Waals surface area contributed by atoms with Crippen LogP contribution in [0, 0.1) is 17.7 Å². The number of halogens is 3. The van der Waals surface area contributed by atoms with Gasteiger partial charge in [0.05, 0.1) is 5.56 Å². The number of nitrogens with one attached hydrogen (secondary N) is 1. The number of amides is 1. The van der Waals surface area contributed by atoms with E-state index in [4.69, 9.17) is 0 Å². The summed E-state index contributed by atoms with van der Waals surface area (Å²) in [5.41, 5.74) is 0.481. The Balaban J connectivity index is 1.94. The molecule has 0 spiro atoms. The minimum absolute atomic E-state index is 0.146. The molecule has 1 fully saturated rings. The molecule has 2 atom stereocenters. The number of alkyl halides is 1. The third kappa shape index (κ3) is 3.78. The minimum atomic E-state index is -0.349. The Hall–Kier alpha value is -0.420. The van der Waals surface area contributed by atoms with Gasteiger partial charge in [-0.2, -0.15) is 0 Å². The van der Waals surface area contributed by atoms with E-state index in [2.05, 4.69) is 37.2 Å². The molecule has 0 radical (unpaired) electrons. The highest BCUT2D eigenvalue weighted by molar-refractivity contribution is 9.10. The van der Waals surface area contributed by atoms with Gasteiger partial charge in [-0.15, -0.1) is 0 Å². The molecule has 5 heteroatoms. The largest absolute Gasteiger partial charge is 0.352 e. The number of carbonyl (C=O) groups excluding carboxylic acids is 1. The van der Waals surface area contributed by atoms with Gasteiger partial charge in [-0.1, -0.05) is 22.4 Å². The van der Waals surface area contributed by atoms with Crippen LogP contribution in [0.15, 0.2) is 22.7 Å². The molecule has 0 saturated heterocycles. The molecular formula is C14H16Br2FNO. The van der Waals surface area contributed by atoms with Crippen molar-refractivity contribution in [1.82, 2.24) is 5.32 Å². The Morgan fingerprint density at radius 3 is 2.79 bits per heavy atom. The highest BCUT2D eigenvalue weighted by Crippen LogP contribution is 2.32. The fraction of sp³-hybridized carbons (Fsp3) is 0.500. The highest BCUT2D eigenvalue weighted by atomic mass is 79.9. The normalized spacial score (nSPS) is 22.5. The second-order valence-corrected chi connectivity index (χ2v) is 6.44. The predicted octanol–water partition coefficient (Wildman–Crippen LogP) is 4.13. The first-order valence-corrected chi connectivity index (χ1v) is 8.32. The summed E-state index contributed by atoms with van der Waals surface area (Å²) in [6.07, 6.45) is 3.63. The first-order valence-electron chi connectivity index (χ1n) is 6.41. The van der Waals surface area contributed by atoms with Gasteiger partial charge >= 0.3 is 0 Å². The summed E-state index contributed by atoms with van der Waals surface area (Å²) in [6.45, 7) is 0.693. The minimum Gasteiger partial charge on any atom is -0.352 e. The van der Waals surface area contributed by atoms with Crippen LogP contribution in [0.2, 0.25) is 0 Å². The zero-order chi connectivity index (χ0) is 13.8. The van der Waals surface area contributed by atoms with Crippen molar-refractivity contribution >= 4 is 37.8 Å². The smallest absolute Gasteiger partial charge is 0.252 e. The third-order valence-corrected chi connectivity index (χ3v) is 5.20. The maximum absolute atomic E-state index is 13.0. The van der Waals surface area contributed by atoms with E-state index in [0.717, 1.165) is 5.33 Å². The Labute approximate surface area is 129 Å². The molecule has 0 aromatic heterocycles. The molecule has 2 nitrogen and oxygen atoms in total. The quantitative estimate of drug-likeness (QED) is 0.767. The molecule has 1 aromatic carbocycles. The van der Waals surface area contributed by atoms with Crippen LogP contribution in [0.1, 0.15) is 29.6 Å². The Kier molecular flexibility index (Phi) is 5.39. The van der Waals surface area contributed by atoms with E-state index >= 15 is 0 Å². The molecule has 0 heterocycles. The van der Waals surface area contributed by atoms with Crippen molar-refractivity contribution in [3.63, 3.8) is 0 Å². The van der Waals surface area contributed by atoms with Gasteiger partial charge < -0.3 is 5.32 Å². The molecule has 1 aromatic rings. The molecule has 1 N–H and O–H groups in total. The molecule has 2 unspecified atom stereocenters. The van der Waals surface area contributed by atoms with E-state index in [1.807, 2.05) is 0 Å². The van der Waals surface area contributed by atoms with Gasteiger partial charge in [0.1, 0.15) is 5.82 Å². The molecule has 0 bridgehead atoms. The van der Waals surface area contributed by atoms with E-state index in [1.54, 1.807) is 0 Å². The molecule has 1 aliphatic rings. The lowest BCUT2D eigenvalue weighted by atomic mass is 9.98. The van der Waals surface area contributed by atoms with Crippen molar-refractivity contribution in [1.29, 1.82) is 0 Å². The average molecular weight is 393 g/mol. The number of rotatable bonds is 4. The van der Waals surface area contributed by atoms with Gasteiger partial charge in [0.2, 0.25) is 0 Å². The lowest BCUT2D eigenvalue weighted by Crippen LogP contribution is -2.31. The summed E-state index contributed by atoms with van der Waals surface area (Å²) in [7, 11) is 0. The van der Waals surface area contributed by atoms with Gasteiger partial charge in [-0.25, -0.2) is 4.39 Å². The van der Waals surface area contributed by atoms with E-state index in [0.29, 0.717) is 28.4 Å². The van der Waals surface area contributed by atoms with Crippen LogP contribution in [0.4, 0.5) is 4.39 Å². The molecule has 2 rings (SSSR count). The SMILES string of the molecule is O=C(NCC1CCCC1CBr)c1ccc(F)cc1Br. The van der Waals surface area contributed by atoms with E-state index in [-0.39, 0.29) is 11.7 Å². The number of benzene rings is 1. The van der Waals surface area contributed by atoms with Crippen molar-refractivity contribution in [3.8, 4) is 0 Å². The zero-order valence-corrected chi connectivity index (χ0v) is 13.6. The highest BCUT2D eigenvalue weighted by Gasteiger charge is 2.26. The van der Waals surface area contributed by atoms with Gasteiger partial charge in [-0.05, 0) is 58.8 Å². The molecule has 1 amide bonds. The zero-order valence-electron chi connectivity index (χ0n) is 10.5. The van der Waals surface area contributed by atoms with Gasteiger partial charge in [0.15, 0.2) is 0 Å². The van der Waals surface area contributed by atoms with Crippen molar-refractivity contribution in [2.45, 2.75) is 19.3 Å². The average Bonchev–Trinajstić information content (AvgIpc) is 2.83. The van der Waals surface area contributed by atoms with Crippen molar-refractivity contribution in [3.05, 3.63) is 34.1 Å². The molecule has 1 saturated carbocycles. The lowest BCUT2D eigenvalue weighted by molar-refractivity contribution is 0.0944. The molecular weight excluding hydrogens is 377 g/mol. The molecule has 0 aliphatic heterocycles. The number of hydrogen-bond donors (Lipinski definition) is 1. The third-order valence-electron chi connectivity index (χ3n) is 3.72. The second kappa shape index (κ2) is 6.84. The molecule has 104 valence electrons. The lowest BCUT2D eigenvalue weighted by Gasteiger charge is -2.18. The summed E-state index contributed by atoms with van der Waals surface area (Å²) in [4.78, 5) is 12.1. The van der Waals surface area contributed by atoms with Crippen LogP contribution in [0.3, 0.4) is 0 Å². The summed E-state index contributed by atoms with van der Waals surface area (Å²) < 4.78 is 13.5. The van der Waals surface area contributed by atoms with Gasteiger partial charge in [-0.3, -0.25) is 4.79 Å². The number of carbonyl (C=O) groups is 1. The van der Waals surface area contributed by atoms with Crippen molar-refractivity contribution in [2.75, 3.05) is 11.9 Å². The van der Waals surface area contributed by atoms with Crippen molar-refractivity contribution < 1.29 is 9.18 Å². The predicted molar refractivity (Wildman–Crippen MR) is 81.1 cm³/mol. The first kappa shape index (κ1) is 15.0. The maximum atomic E-state index is 13.0. The Morgan fingerprint density at radius 1 is 1.37 bits per heavy atom. The molecule has 19 heavy (non-hydrogen) atoms. The monoisotopic (exact) mass is 391 g/mol. The van der Waals surface area contributed by atoms with E-state index in [9.17, 15) is 9.18 Å². The summed E-state index contributed by atoms with van der Waals surface area (Å²) in [6, 6.07) is 4.12. The van der Waals surface area contributed by atoms with E-state index in [1.165, 1.54) is 37.5 Å². The van der Waals surface area contributed by atoms with Crippen LogP contribution in [-0.2, 0) is 0 Å². The first-order chi connectivity index (χ1) is 9.11. The molecule has 1 aliphatic carbocycles. The Bertz CT molecular complexity index is 467. The fourth-order valence-electron chi connectivity index (χ4n) is 2.58. The summed E-state index contributed by atoms with van der Waals surface area (Å²) in [5, 5.41) is 3.95.